The summed E-state index contributed by atoms with van der Waals surface area (Å²) >= 11 is 1.19. The lowest BCUT2D eigenvalue weighted by Gasteiger charge is -2.25. The summed E-state index contributed by atoms with van der Waals surface area (Å²) in [6, 6.07) is 7.37. The average molecular weight is 449 g/mol. The van der Waals surface area contributed by atoms with E-state index in [0.29, 0.717) is 30.5 Å². The Morgan fingerprint density at radius 2 is 1.90 bits per heavy atom. The van der Waals surface area contributed by atoms with Gasteiger partial charge in [0.2, 0.25) is 5.91 Å². The Balaban J connectivity index is 1.38. The maximum Gasteiger partial charge on any atom is 0.252 e. The zero-order valence-electron chi connectivity index (χ0n) is 16.9. The van der Waals surface area contributed by atoms with E-state index < -0.39 is 10.0 Å². The summed E-state index contributed by atoms with van der Waals surface area (Å²) in [5.41, 5.74) is 3.91. The van der Waals surface area contributed by atoms with E-state index in [1.54, 1.807) is 18.4 Å². The van der Waals surface area contributed by atoms with Gasteiger partial charge in [0.1, 0.15) is 9.79 Å². The average Bonchev–Trinajstić information content (AvgIpc) is 3.36. The second-order valence-electron chi connectivity index (χ2n) is 7.38. The molecule has 3 aromatic rings. The molecule has 7 nitrogen and oxygen atoms in total. The topological polar surface area (TPSA) is 88.8 Å². The highest BCUT2D eigenvalue weighted by Crippen LogP contribution is 2.27. The molecule has 0 spiro atoms. The minimum absolute atomic E-state index is 0.137. The van der Waals surface area contributed by atoms with Crippen LogP contribution in [0.4, 0.5) is 0 Å². The van der Waals surface area contributed by atoms with Crippen LogP contribution in [0.3, 0.4) is 0 Å². The summed E-state index contributed by atoms with van der Waals surface area (Å²) < 4.78 is 38.0. The van der Waals surface area contributed by atoms with Crippen LogP contribution in [0.15, 0.2) is 39.2 Å². The van der Waals surface area contributed by atoms with Crippen molar-refractivity contribution in [1.82, 2.24) is 9.62 Å². The standard InChI is InChI=1S/C21H24N2O5S2/c1-14-9-18-16(13-28-19(18)10-15(14)2)11-20(24)22-12-17-3-4-21(29-17)30(25,26)23-5-7-27-8-6-23/h3-4,9-10,13H,5-8,11-12H2,1-2H3,(H,22,24). The summed E-state index contributed by atoms with van der Waals surface area (Å²) in [6.45, 7) is 5.90. The maximum absolute atomic E-state index is 12.7. The molecule has 1 amide bonds. The number of nitrogens with one attached hydrogen (secondary N) is 1. The monoisotopic (exact) mass is 448 g/mol. The van der Waals surface area contributed by atoms with Crippen LogP contribution in [0.1, 0.15) is 21.6 Å². The van der Waals surface area contributed by atoms with Crippen LogP contribution < -0.4 is 5.32 Å². The molecule has 3 heterocycles. The Kier molecular flexibility index (Phi) is 5.97. The Hall–Kier alpha value is -2.20. The van der Waals surface area contributed by atoms with Gasteiger partial charge >= 0.3 is 0 Å². The van der Waals surface area contributed by atoms with Crippen molar-refractivity contribution < 1.29 is 22.4 Å². The molecule has 160 valence electrons. The second kappa shape index (κ2) is 8.50. The van der Waals surface area contributed by atoms with E-state index >= 15 is 0 Å². The first-order chi connectivity index (χ1) is 14.3. The first-order valence-corrected chi connectivity index (χ1v) is 12.0. The van der Waals surface area contributed by atoms with Gasteiger partial charge in [-0.05, 0) is 49.2 Å². The molecule has 0 aliphatic carbocycles. The number of morpholine rings is 1. The molecule has 1 fully saturated rings. The molecule has 1 aliphatic rings. The Morgan fingerprint density at radius 3 is 2.67 bits per heavy atom. The van der Waals surface area contributed by atoms with Gasteiger partial charge in [0.15, 0.2) is 0 Å². The number of carbonyl (C=O) groups is 1. The van der Waals surface area contributed by atoms with Gasteiger partial charge < -0.3 is 14.5 Å². The molecule has 1 saturated heterocycles. The van der Waals surface area contributed by atoms with Gasteiger partial charge in [-0.2, -0.15) is 4.31 Å². The summed E-state index contributed by atoms with van der Waals surface area (Å²) in [6.07, 6.45) is 1.83. The summed E-state index contributed by atoms with van der Waals surface area (Å²) in [5.74, 6) is -0.137. The molecule has 0 unspecified atom stereocenters. The number of benzene rings is 1. The number of nitrogens with zero attached hydrogens (tertiary/aromatic N) is 1. The smallest absolute Gasteiger partial charge is 0.252 e. The van der Waals surface area contributed by atoms with Crippen molar-refractivity contribution in [3.05, 3.63) is 52.1 Å². The number of amides is 1. The molecule has 0 bridgehead atoms. The number of aryl methyl sites for hydroxylation is 2. The summed E-state index contributed by atoms with van der Waals surface area (Å²) in [5, 5.41) is 3.82. The molecule has 0 saturated carbocycles. The van der Waals surface area contributed by atoms with Gasteiger partial charge in [-0.15, -0.1) is 11.3 Å². The third kappa shape index (κ3) is 4.29. The first-order valence-electron chi connectivity index (χ1n) is 9.75. The maximum atomic E-state index is 12.7. The van der Waals surface area contributed by atoms with Crippen molar-refractivity contribution in [2.24, 2.45) is 0 Å². The third-order valence-electron chi connectivity index (χ3n) is 5.28. The molecule has 2 aromatic heterocycles. The quantitative estimate of drug-likeness (QED) is 0.626. The normalized spacial score (nSPS) is 15.5. The fourth-order valence-corrected chi connectivity index (χ4v) is 6.26. The zero-order valence-corrected chi connectivity index (χ0v) is 18.6. The Morgan fingerprint density at radius 1 is 1.17 bits per heavy atom. The van der Waals surface area contributed by atoms with Gasteiger partial charge in [0.25, 0.3) is 10.0 Å². The van der Waals surface area contributed by atoms with Crippen molar-refractivity contribution in [1.29, 1.82) is 0 Å². The highest BCUT2D eigenvalue weighted by Gasteiger charge is 2.27. The number of ether oxygens (including phenoxy) is 1. The van der Waals surface area contributed by atoms with E-state index in [2.05, 4.69) is 5.32 Å². The number of furan rings is 1. The third-order valence-corrected chi connectivity index (χ3v) is 8.73. The molecular formula is C21H24N2O5S2. The molecule has 1 N–H and O–H groups in total. The number of carbonyl (C=O) groups excluding carboxylic acids is 1. The second-order valence-corrected chi connectivity index (χ2v) is 10.7. The highest BCUT2D eigenvalue weighted by molar-refractivity contribution is 7.91. The minimum atomic E-state index is -3.51. The number of hydrogen-bond donors (Lipinski definition) is 1. The van der Waals surface area contributed by atoms with Crippen molar-refractivity contribution in [2.45, 2.75) is 31.0 Å². The highest BCUT2D eigenvalue weighted by atomic mass is 32.2. The summed E-state index contributed by atoms with van der Waals surface area (Å²) in [7, 11) is -3.51. The molecule has 0 radical (unpaired) electrons. The van der Waals surface area contributed by atoms with Crippen LogP contribution in [-0.2, 0) is 32.5 Å². The van der Waals surface area contributed by atoms with Gasteiger partial charge in [-0.1, -0.05) is 0 Å². The fourth-order valence-electron chi connectivity index (χ4n) is 3.40. The lowest BCUT2D eigenvalue weighted by atomic mass is 10.0. The lowest BCUT2D eigenvalue weighted by molar-refractivity contribution is -0.120. The van der Waals surface area contributed by atoms with Crippen LogP contribution in [0, 0.1) is 13.8 Å². The molecular weight excluding hydrogens is 424 g/mol. The number of hydrogen-bond acceptors (Lipinski definition) is 6. The van der Waals surface area contributed by atoms with Crippen LogP contribution in [0.2, 0.25) is 0 Å². The van der Waals surface area contributed by atoms with Crippen LogP contribution in [-0.4, -0.2) is 44.9 Å². The molecule has 0 atom stereocenters. The predicted octanol–water partition coefficient (Wildman–Crippen LogP) is 2.99. The van der Waals surface area contributed by atoms with E-state index in [1.165, 1.54) is 15.6 Å². The Labute approximate surface area is 179 Å². The van der Waals surface area contributed by atoms with Gasteiger partial charge in [-0.25, -0.2) is 8.42 Å². The summed E-state index contributed by atoms with van der Waals surface area (Å²) in [4.78, 5) is 13.2. The van der Waals surface area contributed by atoms with Crippen molar-refractivity contribution >= 4 is 38.2 Å². The first kappa shape index (κ1) is 21.0. The molecule has 4 rings (SSSR count). The van der Waals surface area contributed by atoms with Crippen molar-refractivity contribution in [3.8, 4) is 0 Å². The fraction of sp³-hybridized carbons (Fsp3) is 0.381. The molecule has 30 heavy (non-hydrogen) atoms. The predicted molar refractivity (Wildman–Crippen MR) is 115 cm³/mol. The van der Waals surface area contributed by atoms with Gasteiger partial charge in [-0.3, -0.25) is 4.79 Å². The van der Waals surface area contributed by atoms with E-state index in [1.807, 2.05) is 26.0 Å². The lowest BCUT2D eigenvalue weighted by Crippen LogP contribution is -2.40. The number of sulfonamides is 1. The molecule has 1 aliphatic heterocycles. The van der Waals surface area contributed by atoms with E-state index in [0.717, 1.165) is 32.5 Å². The molecule has 9 heteroatoms. The minimum Gasteiger partial charge on any atom is -0.464 e. The van der Waals surface area contributed by atoms with E-state index in [4.69, 9.17) is 9.15 Å². The number of thiophene rings is 1. The number of fused-ring (bicyclic) bond motifs is 1. The van der Waals surface area contributed by atoms with E-state index in [9.17, 15) is 13.2 Å². The van der Waals surface area contributed by atoms with Gasteiger partial charge in [0.05, 0.1) is 32.4 Å². The Bertz CT molecular complexity index is 1170. The van der Waals surface area contributed by atoms with Gasteiger partial charge in [0, 0.05) is 28.9 Å². The van der Waals surface area contributed by atoms with Crippen LogP contribution in [0.25, 0.3) is 11.0 Å². The molecule has 1 aromatic carbocycles. The largest absolute Gasteiger partial charge is 0.464 e. The zero-order chi connectivity index (χ0) is 21.3. The van der Waals surface area contributed by atoms with Crippen LogP contribution >= 0.6 is 11.3 Å². The van der Waals surface area contributed by atoms with Crippen molar-refractivity contribution in [2.75, 3.05) is 26.3 Å². The van der Waals surface area contributed by atoms with Crippen LogP contribution in [0.5, 0.6) is 0 Å². The van der Waals surface area contributed by atoms with E-state index in [-0.39, 0.29) is 18.9 Å². The SMILES string of the molecule is Cc1cc2occ(CC(=O)NCc3ccc(S(=O)(=O)N4CCOCC4)s3)c2cc1C. The number of rotatable bonds is 6. The van der Waals surface area contributed by atoms with Crippen molar-refractivity contribution in [3.63, 3.8) is 0 Å².